The van der Waals surface area contributed by atoms with Gasteiger partial charge in [-0.3, -0.25) is 4.79 Å². The number of esters is 1. The Morgan fingerprint density at radius 3 is 2.94 bits per heavy atom. The molecule has 0 aromatic carbocycles. The van der Waals surface area contributed by atoms with Gasteiger partial charge in [-0.15, -0.1) is 0 Å². The molecule has 88 valence electrons. The summed E-state index contributed by atoms with van der Waals surface area (Å²) in [5.74, 6) is -0.255. The highest BCUT2D eigenvalue weighted by Gasteiger charge is 2.36. The third-order valence-corrected chi connectivity index (χ3v) is 2.14. The van der Waals surface area contributed by atoms with Gasteiger partial charge in [0.2, 0.25) is 0 Å². The predicted octanol–water partition coefficient (Wildman–Crippen LogP) is 1.50. The van der Waals surface area contributed by atoms with Gasteiger partial charge in [-0.05, 0) is 5.53 Å². The second-order valence-corrected chi connectivity index (χ2v) is 3.29. The van der Waals surface area contributed by atoms with Crippen molar-refractivity contribution in [3.05, 3.63) is 22.8 Å². The minimum Gasteiger partial charge on any atom is -0.466 e. The van der Waals surface area contributed by atoms with E-state index in [1.807, 2.05) is 0 Å². The first kappa shape index (κ1) is 12.4. The molecule has 1 heterocycles. The fourth-order valence-electron chi connectivity index (χ4n) is 1.46. The molecule has 0 bridgehead atoms. The maximum absolute atomic E-state index is 10.9. The highest BCUT2D eigenvalue weighted by atomic mass is 16.7. The van der Waals surface area contributed by atoms with Gasteiger partial charge in [0.05, 0.1) is 6.04 Å². The number of azide groups is 1. The Hall–Kier alpha value is -1.72. The maximum Gasteiger partial charge on any atom is 0.303 e. The Morgan fingerprint density at radius 2 is 2.44 bits per heavy atom. The molecular weight excluding hydrogens is 214 g/mol. The Kier molecular flexibility index (Phi) is 4.16. The van der Waals surface area contributed by atoms with Crippen LogP contribution in [0.15, 0.2) is 17.5 Å². The molecule has 1 aliphatic rings. The molecule has 0 spiro atoms. The van der Waals surface area contributed by atoms with Crippen molar-refractivity contribution in [2.75, 3.05) is 7.11 Å². The number of rotatable bonds is 3. The Labute approximate surface area is 92.6 Å². The monoisotopic (exact) mass is 227 g/mol. The Morgan fingerprint density at radius 1 is 1.75 bits per heavy atom. The summed E-state index contributed by atoms with van der Waals surface area (Å²) in [5.41, 5.74) is 8.42. The first-order chi connectivity index (χ1) is 7.58. The second-order valence-electron chi connectivity index (χ2n) is 3.29. The minimum absolute atomic E-state index is 0.228. The van der Waals surface area contributed by atoms with Crippen LogP contribution in [0.25, 0.3) is 10.4 Å². The van der Waals surface area contributed by atoms with E-state index >= 15 is 0 Å². The van der Waals surface area contributed by atoms with E-state index in [0.717, 1.165) is 0 Å². The molecule has 0 amide bonds. The van der Waals surface area contributed by atoms with Crippen LogP contribution in [0.4, 0.5) is 0 Å². The quantitative estimate of drug-likeness (QED) is 0.316. The normalized spacial score (nSPS) is 28.9. The van der Waals surface area contributed by atoms with Crippen LogP contribution in [-0.4, -0.2) is 31.5 Å². The van der Waals surface area contributed by atoms with Gasteiger partial charge in [0.1, 0.15) is 5.76 Å². The van der Waals surface area contributed by atoms with E-state index in [1.165, 1.54) is 14.0 Å². The van der Waals surface area contributed by atoms with Crippen molar-refractivity contribution >= 4 is 5.97 Å². The van der Waals surface area contributed by atoms with E-state index in [0.29, 0.717) is 6.42 Å². The van der Waals surface area contributed by atoms with Gasteiger partial charge in [-0.1, -0.05) is 11.7 Å². The average molecular weight is 227 g/mol. The van der Waals surface area contributed by atoms with Gasteiger partial charge in [0.25, 0.3) is 0 Å². The van der Waals surface area contributed by atoms with Crippen molar-refractivity contribution in [2.24, 2.45) is 5.11 Å². The van der Waals surface area contributed by atoms with Crippen LogP contribution >= 0.6 is 0 Å². The molecule has 7 heteroatoms. The summed E-state index contributed by atoms with van der Waals surface area (Å²) in [4.78, 5) is 13.6. The number of hydrogen-bond acceptors (Lipinski definition) is 5. The zero-order chi connectivity index (χ0) is 12.1. The SMILES string of the molecule is C=C1O[C@@H](OC)C[C@H](N=[N+]=[N-])[C@@H]1OC(C)=O. The summed E-state index contributed by atoms with van der Waals surface area (Å²) in [6.45, 7) is 4.88. The van der Waals surface area contributed by atoms with Crippen molar-refractivity contribution < 1.29 is 19.0 Å². The Balaban J connectivity index is 2.82. The summed E-state index contributed by atoms with van der Waals surface area (Å²) in [6.07, 6.45) is -0.966. The van der Waals surface area contributed by atoms with Crippen LogP contribution in [0.3, 0.4) is 0 Å². The molecule has 16 heavy (non-hydrogen) atoms. The topological polar surface area (TPSA) is 93.5 Å². The number of carbonyl (C=O) groups excluding carboxylic acids is 1. The molecule has 0 aliphatic carbocycles. The summed E-state index contributed by atoms with van der Waals surface area (Å²) in [6, 6.07) is -0.555. The van der Waals surface area contributed by atoms with Gasteiger partial charge in [0, 0.05) is 25.4 Å². The third-order valence-electron chi connectivity index (χ3n) is 2.14. The van der Waals surface area contributed by atoms with E-state index in [1.54, 1.807) is 0 Å². The van der Waals surface area contributed by atoms with Crippen molar-refractivity contribution in [3.8, 4) is 0 Å². The minimum atomic E-state index is -0.750. The van der Waals surface area contributed by atoms with Crippen molar-refractivity contribution in [3.63, 3.8) is 0 Å². The zero-order valence-electron chi connectivity index (χ0n) is 9.12. The molecule has 3 atom stereocenters. The van der Waals surface area contributed by atoms with Crippen LogP contribution in [-0.2, 0) is 19.0 Å². The van der Waals surface area contributed by atoms with Crippen LogP contribution in [0, 0.1) is 0 Å². The number of methoxy groups -OCH3 is 1. The van der Waals surface area contributed by atoms with Crippen molar-refractivity contribution in [2.45, 2.75) is 31.8 Å². The number of nitrogens with zero attached hydrogens (tertiary/aromatic N) is 3. The summed E-state index contributed by atoms with van der Waals surface area (Å²) in [5, 5.41) is 3.55. The van der Waals surface area contributed by atoms with Gasteiger partial charge in [-0.2, -0.15) is 0 Å². The lowest BCUT2D eigenvalue weighted by Crippen LogP contribution is -2.41. The number of ether oxygens (including phenoxy) is 3. The van der Waals surface area contributed by atoms with E-state index in [4.69, 9.17) is 19.7 Å². The molecule has 1 aliphatic heterocycles. The lowest BCUT2D eigenvalue weighted by molar-refractivity contribution is -0.168. The molecule has 0 unspecified atom stereocenters. The van der Waals surface area contributed by atoms with E-state index in [-0.39, 0.29) is 5.76 Å². The van der Waals surface area contributed by atoms with Gasteiger partial charge < -0.3 is 14.2 Å². The van der Waals surface area contributed by atoms with Crippen LogP contribution in [0.2, 0.25) is 0 Å². The molecule has 7 nitrogen and oxygen atoms in total. The molecule has 0 N–H and O–H groups in total. The molecule has 1 rings (SSSR count). The highest BCUT2D eigenvalue weighted by Crippen LogP contribution is 2.27. The first-order valence-corrected chi connectivity index (χ1v) is 4.68. The van der Waals surface area contributed by atoms with E-state index < -0.39 is 24.4 Å². The predicted molar refractivity (Wildman–Crippen MR) is 54.1 cm³/mol. The van der Waals surface area contributed by atoms with Crippen molar-refractivity contribution in [1.82, 2.24) is 0 Å². The molecular formula is C9H13N3O4. The summed E-state index contributed by atoms with van der Waals surface area (Å²) >= 11 is 0. The van der Waals surface area contributed by atoms with Gasteiger partial charge >= 0.3 is 5.97 Å². The number of hydrogen-bond donors (Lipinski definition) is 0. The lowest BCUT2D eigenvalue weighted by Gasteiger charge is -2.34. The van der Waals surface area contributed by atoms with E-state index in [9.17, 15) is 4.79 Å². The molecule has 1 fully saturated rings. The molecule has 0 radical (unpaired) electrons. The third kappa shape index (κ3) is 2.88. The summed E-state index contributed by atoms with van der Waals surface area (Å²) < 4.78 is 15.2. The van der Waals surface area contributed by atoms with Crippen molar-refractivity contribution in [1.29, 1.82) is 0 Å². The fraction of sp³-hybridized carbons (Fsp3) is 0.667. The highest BCUT2D eigenvalue weighted by molar-refractivity contribution is 5.66. The first-order valence-electron chi connectivity index (χ1n) is 4.68. The second kappa shape index (κ2) is 5.39. The largest absolute Gasteiger partial charge is 0.466 e. The van der Waals surface area contributed by atoms with Crippen LogP contribution in [0.1, 0.15) is 13.3 Å². The summed E-state index contributed by atoms with van der Waals surface area (Å²) in [7, 11) is 1.47. The fourth-order valence-corrected chi connectivity index (χ4v) is 1.46. The van der Waals surface area contributed by atoms with Gasteiger partial charge in [0.15, 0.2) is 12.4 Å². The van der Waals surface area contributed by atoms with E-state index in [2.05, 4.69) is 16.6 Å². The Bertz CT molecular complexity index is 338. The van der Waals surface area contributed by atoms with Crippen LogP contribution < -0.4 is 0 Å². The number of carbonyl (C=O) groups is 1. The molecule has 0 saturated carbocycles. The molecule has 0 aromatic heterocycles. The maximum atomic E-state index is 10.9. The molecule has 0 aromatic rings. The smallest absolute Gasteiger partial charge is 0.303 e. The van der Waals surface area contributed by atoms with Gasteiger partial charge in [-0.25, -0.2) is 0 Å². The zero-order valence-corrected chi connectivity index (χ0v) is 9.12. The standard InChI is InChI=1S/C9H13N3O4/c1-5-9(16-6(2)13)7(11-12-10)4-8(14-3)15-5/h7-9H,1,4H2,2-3H3/t7-,8+,9+/m0/s1. The lowest BCUT2D eigenvalue weighted by atomic mass is 10.0. The molecule has 1 saturated heterocycles. The van der Waals surface area contributed by atoms with Crippen LogP contribution in [0.5, 0.6) is 0 Å². The average Bonchev–Trinajstić information content (AvgIpc) is 2.22.